The van der Waals surface area contributed by atoms with E-state index in [1.807, 2.05) is 53.6 Å². The Hall–Kier alpha value is -2.64. The molecule has 0 spiro atoms. The summed E-state index contributed by atoms with van der Waals surface area (Å²) in [6.45, 7) is 3.23. The predicted molar refractivity (Wildman–Crippen MR) is 128 cm³/mol. The molecule has 2 aromatic heterocycles. The number of hydrogen-bond acceptors (Lipinski definition) is 5. The third-order valence-corrected chi connectivity index (χ3v) is 7.98. The van der Waals surface area contributed by atoms with Gasteiger partial charge in [-0.25, -0.2) is 0 Å². The Morgan fingerprint density at radius 1 is 1.09 bits per heavy atom. The molecular weight excluding hydrogens is 440 g/mol. The van der Waals surface area contributed by atoms with Crippen molar-refractivity contribution in [1.29, 1.82) is 0 Å². The largest absolute Gasteiger partial charge is 0.491 e. The molecule has 1 aromatic carbocycles. The molecule has 1 atom stereocenters. The molecule has 0 unspecified atom stereocenters. The highest BCUT2D eigenvalue weighted by molar-refractivity contribution is 7.12. The average molecular weight is 467 g/mol. The maximum absolute atomic E-state index is 13.5. The lowest BCUT2D eigenvalue weighted by Gasteiger charge is -2.37. The molecule has 0 saturated heterocycles. The minimum absolute atomic E-state index is 0.00355. The van der Waals surface area contributed by atoms with Crippen LogP contribution in [0.25, 0.3) is 0 Å². The van der Waals surface area contributed by atoms with Gasteiger partial charge in [0.25, 0.3) is 5.91 Å². The van der Waals surface area contributed by atoms with Crippen molar-refractivity contribution in [2.24, 2.45) is 0 Å². The van der Waals surface area contributed by atoms with Gasteiger partial charge in [0.05, 0.1) is 10.9 Å². The molecule has 5 rings (SSSR count). The molecule has 1 saturated carbocycles. The van der Waals surface area contributed by atoms with Crippen molar-refractivity contribution >= 4 is 34.5 Å². The average Bonchev–Trinajstić information content (AvgIpc) is 3.28. The van der Waals surface area contributed by atoms with Crippen molar-refractivity contribution in [1.82, 2.24) is 9.80 Å². The number of ether oxygens (including phenoxy) is 1. The zero-order valence-corrected chi connectivity index (χ0v) is 19.7. The van der Waals surface area contributed by atoms with Crippen LogP contribution in [0.1, 0.15) is 44.6 Å². The molecule has 1 aliphatic carbocycles. The van der Waals surface area contributed by atoms with E-state index >= 15 is 0 Å². The van der Waals surface area contributed by atoms with Crippen LogP contribution in [-0.4, -0.2) is 47.4 Å². The standard InChI is InChI=1S/C25H26N2O3S2/c1-17-4-8-19(9-5-17)30-16-21-20-11-14-32-22(20)10-12-26(21)24(28)15-27(18-6-7-18)25(29)23-3-2-13-31-23/h2-5,8-9,11,13-14,18,21H,6-7,10,12,15-16H2,1H3/t21-/m1/s1. The summed E-state index contributed by atoms with van der Waals surface area (Å²) >= 11 is 3.17. The van der Waals surface area contributed by atoms with E-state index < -0.39 is 0 Å². The first-order chi connectivity index (χ1) is 15.6. The second-order valence-corrected chi connectivity index (χ2v) is 10.4. The summed E-state index contributed by atoms with van der Waals surface area (Å²) in [7, 11) is 0. The number of thiophene rings is 2. The van der Waals surface area contributed by atoms with Gasteiger partial charge in [-0.15, -0.1) is 22.7 Å². The maximum atomic E-state index is 13.5. The third kappa shape index (κ3) is 4.45. The van der Waals surface area contributed by atoms with E-state index in [1.165, 1.54) is 27.3 Å². The molecule has 3 heterocycles. The summed E-state index contributed by atoms with van der Waals surface area (Å²) < 4.78 is 6.11. The van der Waals surface area contributed by atoms with Gasteiger partial charge in [-0.2, -0.15) is 0 Å². The van der Waals surface area contributed by atoms with Crippen LogP contribution in [0.4, 0.5) is 0 Å². The molecular formula is C25H26N2O3S2. The van der Waals surface area contributed by atoms with Gasteiger partial charge < -0.3 is 14.5 Å². The molecule has 2 aliphatic rings. The number of carbonyl (C=O) groups is 2. The normalized spacial score (nSPS) is 17.7. The summed E-state index contributed by atoms with van der Waals surface area (Å²) in [5.41, 5.74) is 2.35. The topological polar surface area (TPSA) is 49.9 Å². The van der Waals surface area contributed by atoms with Crippen LogP contribution < -0.4 is 4.74 Å². The van der Waals surface area contributed by atoms with Crippen LogP contribution in [0.3, 0.4) is 0 Å². The minimum atomic E-state index is -0.142. The number of amides is 2. The number of benzene rings is 1. The van der Waals surface area contributed by atoms with E-state index in [1.54, 1.807) is 16.2 Å². The van der Waals surface area contributed by atoms with E-state index in [4.69, 9.17) is 4.74 Å². The zero-order valence-electron chi connectivity index (χ0n) is 18.0. The lowest BCUT2D eigenvalue weighted by atomic mass is 10.0. The van der Waals surface area contributed by atoms with Crippen LogP contribution >= 0.6 is 22.7 Å². The number of aryl methyl sites for hydroxylation is 1. The number of hydrogen-bond donors (Lipinski definition) is 0. The van der Waals surface area contributed by atoms with Gasteiger partial charge >= 0.3 is 0 Å². The molecule has 5 nitrogen and oxygen atoms in total. The lowest BCUT2D eigenvalue weighted by Crippen LogP contribution is -2.48. The Kier molecular flexibility index (Phi) is 6.02. The molecule has 3 aromatic rings. The van der Waals surface area contributed by atoms with Crippen molar-refractivity contribution in [3.63, 3.8) is 0 Å². The Balaban J connectivity index is 1.33. The molecule has 1 aliphatic heterocycles. The number of fused-ring (bicyclic) bond motifs is 1. The quantitative estimate of drug-likeness (QED) is 0.496. The van der Waals surface area contributed by atoms with Crippen molar-refractivity contribution < 1.29 is 14.3 Å². The molecule has 0 bridgehead atoms. The van der Waals surface area contributed by atoms with Crippen LogP contribution in [0.2, 0.25) is 0 Å². The van der Waals surface area contributed by atoms with Gasteiger partial charge in [-0.3, -0.25) is 9.59 Å². The van der Waals surface area contributed by atoms with E-state index in [0.717, 1.165) is 25.0 Å². The summed E-state index contributed by atoms with van der Waals surface area (Å²) in [4.78, 5) is 32.2. The predicted octanol–water partition coefficient (Wildman–Crippen LogP) is 4.93. The maximum Gasteiger partial charge on any atom is 0.264 e. The van der Waals surface area contributed by atoms with E-state index in [0.29, 0.717) is 18.0 Å². The Labute approximate surface area is 196 Å². The van der Waals surface area contributed by atoms with E-state index in [9.17, 15) is 9.59 Å². The monoisotopic (exact) mass is 466 g/mol. The molecule has 0 N–H and O–H groups in total. The zero-order chi connectivity index (χ0) is 22.1. The fourth-order valence-corrected chi connectivity index (χ4v) is 5.82. The van der Waals surface area contributed by atoms with Gasteiger partial charge in [-0.1, -0.05) is 23.8 Å². The Bertz CT molecular complexity index is 1090. The number of rotatable bonds is 7. The van der Waals surface area contributed by atoms with Crippen molar-refractivity contribution in [2.45, 2.75) is 38.3 Å². The van der Waals surface area contributed by atoms with Gasteiger partial charge in [0.15, 0.2) is 0 Å². The third-order valence-electron chi connectivity index (χ3n) is 6.13. The van der Waals surface area contributed by atoms with Gasteiger partial charge in [-0.05, 0) is 66.8 Å². The van der Waals surface area contributed by atoms with Gasteiger partial charge in [0.2, 0.25) is 5.91 Å². The summed E-state index contributed by atoms with van der Waals surface area (Å²) in [6.07, 6.45) is 2.79. The molecule has 166 valence electrons. The first kappa shape index (κ1) is 21.2. The van der Waals surface area contributed by atoms with Gasteiger partial charge in [0.1, 0.15) is 18.9 Å². The highest BCUT2D eigenvalue weighted by atomic mass is 32.1. The highest BCUT2D eigenvalue weighted by Gasteiger charge is 2.38. The molecule has 1 fully saturated rings. The van der Waals surface area contributed by atoms with Gasteiger partial charge in [0, 0.05) is 17.5 Å². The van der Waals surface area contributed by atoms with Crippen molar-refractivity contribution in [3.05, 3.63) is 74.1 Å². The van der Waals surface area contributed by atoms with Crippen molar-refractivity contribution in [3.8, 4) is 5.75 Å². The van der Waals surface area contributed by atoms with Crippen LogP contribution in [0.5, 0.6) is 5.75 Å². The first-order valence-electron chi connectivity index (χ1n) is 11.0. The van der Waals surface area contributed by atoms with E-state index in [-0.39, 0.29) is 30.4 Å². The summed E-state index contributed by atoms with van der Waals surface area (Å²) in [6, 6.07) is 13.8. The smallest absolute Gasteiger partial charge is 0.264 e. The molecule has 32 heavy (non-hydrogen) atoms. The van der Waals surface area contributed by atoms with Crippen molar-refractivity contribution in [2.75, 3.05) is 19.7 Å². The fraction of sp³-hybridized carbons (Fsp3) is 0.360. The summed E-state index contributed by atoms with van der Waals surface area (Å²) in [5, 5.41) is 4.00. The highest BCUT2D eigenvalue weighted by Crippen LogP contribution is 2.35. The number of nitrogens with zero attached hydrogens (tertiary/aromatic N) is 2. The first-order valence-corrected chi connectivity index (χ1v) is 12.8. The molecule has 2 amide bonds. The number of carbonyl (C=O) groups excluding carboxylic acids is 2. The van der Waals surface area contributed by atoms with Crippen LogP contribution in [0, 0.1) is 6.92 Å². The van der Waals surface area contributed by atoms with E-state index in [2.05, 4.69) is 11.4 Å². The Morgan fingerprint density at radius 2 is 1.91 bits per heavy atom. The lowest BCUT2D eigenvalue weighted by molar-refractivity contribution is -0.135. The minimum Gasteiger partial charge on any atom is -0.491 e. The Morgan fingerprint density at radius 3 is 2.62 bits per heavy atom. The molecule has 0 radical (unpaired) electrons. The second-order valence-electron chi connectivity index (χ2n) is 8.42. The molecule has 7 heteroatoms. The SMILES string of the molecule is Cc1ccc(OC[C@@H]2c3ccsc3CCN2C(=O)CN(C(=O)c2cccs2)C2CC2)cc1. The van der Waals surface area contributed by atoms with Crippen LogP contribution in [0.15, 0.2) is 53.2 Å². The second kappa shape index (κ2) is 9.08. The van der Waals surface area contributed by atoms with Crippen LogP contribution in [-0.2, 0) is 11.2 Å². The fourth-order valence-electron chi connectivity index (χ4n) is 4.22. The summed E-state index contributed by atoms with van der Waals surface area (Å²) in [5.74, 6) is 0.769.